The maximum absolute atomic E-state index is 13.5. The van der Waals surface area contributed by atoms with Crippen molar-refractivity contribution < 1.29 is 163 Å². The number of aliphatic hydroxyl groups is 19. The molecular formula is C76H138N2O33. The largest absolute Gasteiger partial charge is 0.394 e. The molecule has 35 heteroatoms. The average Bonchev–Trinajstić information content (AvgIpc) is 0.775. The third kappa shape index (κ3) is 29.7. The molecule has 111 heavy (non-hydrogen) atoms. The van der Waals surface area contributed by atoms with Gasteiger partial charge >= 0.3 is 0 Å². The van der Waals surface area contributed by atoms with Crippen LogP contribution in [0.4, 0.5) is 0 Å². The van der Waals surface area contributed by atoms with Crippen LogP contribution in [0.5, 0.6) is 0 Å². The number of hydrogen-bond donors (Lipinski definition) is 21. The van der Waals surface area contributed by atoms with Crippen molar-refractivity contribution in [2.75, 3.05) is 46.2 Å². The number of amides is 2. The van der Waals surface area contributed by atoms with Crippen LogP contribution in [0.1, 0.15) is 213 Å². The Morgan fingerprint density at radius 2 is 0.658 bits per heavy atom. The summed E-state index contributed by atoms with van der Waals surface area (Å²) in [6.07, 6.45) is -20.5. The number of rotatable bonds is 53. The molecule has 6 heterocycles. The van der Waals surface area contributed by atoms with Crippen molar-refractivity contribution in [3.05, 3.63) is 12.2 Å². The summed E-state index contributed by atoms with van der Waals surface area (Å²) in [7, 11) is 0. The minimum atomic E-state index is -2.28. The van der Waals surface area contributed by atoms with Crippen LogP contribution in [0.3, 0.4) is 0 Å². The fraction of sp³-hybridized carbons (Fsp3) is 0.947. The molecule has 0 spiro atoms. The molecule has 32 atom stereocenters. The Labute approximate surface area is 651 Å². The van der Waals surface area contributed by atoms with E-state index in [9.17, 15) is 107 Å². The molecule has 0 aliphatic carbocycles. The van der Waals surface area contributed by atoms with Crippen molar-refractivity contribution in [3.8, 4) is 0 Å². The zero-order valence-corrected chi connectivity index (χ0v) is 65.0. The second-order valence-electron chi connectivity index (χ2n) is 30.6. The lowest BCUT2D eigenvalue weighted by Gasteiger charge is -2.50. The molecule has 650 valence electrons. The Morgan fingerprint density at radius 1 is 0.351 bits per heavy atom. The molecule has 6 rings (SSSR count). The Morgan fingerprint density at radius 3 is 1.04 bits per heavy atom. The fourth-order valence-electron chi connectivity index (χ4n) is 15.0. The van der Waals surface area contributed by atoms with Gasteiger partial charge in [0.1, 0.15) is 146 Å². The van der Waals surface area contributed by atoms with E-state index >= 15 is 0 Å². The molecule has 35 nitrogen and oxygen atoms in total. The third-order valence-electron chi connectivity index (χ3n) is 21.8. The first-order valence-electron chi connectivity index (χ1n) is 41.0. The van der Waals surface area contributed by atoms with Gasteiger partial charge in [0, 0.05) is 13.3 Å². The SMILES string of the molecule is CCCCCCCCCCCCC/C=C/[C@@H](O)[C@H](CO[C@@H]1OC(CO)[C@@H](O[C@@H]2OC(CO)[C@H](O[C@@H]3OC(CO)[C@H](O)[C@H](O[C@H]4OC(CO)[C@H](O)[C@H](O[C@H]5OC(CO)[C@H](O)[C@H](O[C@@H]6OC(CO)[C@H](O)[C@H](O)C6NC(C)=O)C5O)C4O)C3O)[C@H](O)C2O)[C@H](O)C1O)NC(=O)CCCCCCCCCCCCCCCCCCC. The molecule has 12 unspecified atom stereocenters. The predicted octanol–water partition coefficient (Wildman–Crippen LogP) is -1.79. The predicted molar refractivity (Wildman–Crippen MR) is 391 cm³/mol. The Balaban J connectivity index is 1.04. The molecule has 21 N–H and O–H groups in total. The molecule has 6 fully saturated rings. The van der Waals surface area contributed by atoms with Crippen molar-refractivity contribution in [3.63, 3.8) is 0 Å². The van der Waals surface area contributed by atoms with Crippen LogP contribution < -0.4 is 10.6 Å². The highest BCUT2D eigenvalue weighted by molar-refractivity contribution is 5.76. The van der Waals surface area contributed by atoms with Crippen molar-refractivity contribution in [2.24, 2.45) is 0 Å². The van der Waals surface area contributed by atoms with Crippen molar-refractivity contribution in [1.82, 2.24) is 10.6 Å². The molecule has 6 saturated heterocycles. The quantitative estimate of drug-likeness (QED) is 0.0236. The smallest absolute Gasteiger partial charge is 0.220 e. The molecule has 6 aliphatic rings. The van der Waals surface area contributed by atoms with Crippen molar-refractivity contribution in [1.29, 1.82) is 0 Å². The van der Waals surface area contributed by atoms with Crippen LogP contribution >= 0.6 is 0 Å². The lowest BCUT2D eigenvalue weighted by molar-refractivity contribution is -0.397. The van der Waals surface area contributed by atoms with Crippen LogP contribution in [0.2, 0.25) is 0 Å². The number of allylic oxidation sites excluding steroid dienone is 1. The summed E-state index contributed by atoms with van der Waals surface area (Å²) in [6.45, 7) is -0.883. The van der Waals surface area contributed by atoms with Gasteiger partial charge in [-0.15, -0.1) is 0 Å². The summed E-state index contributed by atoms with van der Waals surface area (Å²) < 4.78 is 69.7. The molecule has 0 saturated carbocycles. The van der Waals surface area contributed by atoms with Gasteiger partial charge in [-0.3, -0.25) is 9.59 Å². The van der Waals surface area contributed by atoms with E-state index in [4.69, 9.17) is 56.8 Å². The molecule has 2 amide bonds. The zero-order chi connectivity index (χ0) is 81.1. The number of ether oxygens (including phenoxy) is 12. The van der Waals surface area contributed by atoms with E-state index in [1.165, 1.54) is 122 Å². The summed E-state index contributed by atoms with van der Waals surface area (Å²) in [5.74, 6) is -1.09. The van der Waals surface area contributed by atoms with Gasteiger partial charge in [0.2, 0.25) is 11.8 Å². The average molecular weight is 1610 g/mol. The lowest BCUT2D eigenvalue weighted by Crippen LogP contribution is -2.69. The van der Waals surface area contributed by atoms with Crippen LogP contribution in [0.25, 0.3) is 0 Å². The van der Waals surface area contributed by atoms with Crippen LogP contribution in [-0.2, 0) is 66.4 Å². The summed E-state index contributed by atoms with van der Waals surface area (Å²) >= 11 is 0. The molecule has 6 aliphatic heterocycles. The van der Waals surface area contributed by atoms with E-state index in [1.54, 1.807) is 6.08 Å². The number of hydrogen-bond acceptors (Lipinski definition) is 33. The number of aliphatic hydroxyl groups excluding tert-OH is 19. The second-order valence-corrected chi connectivity index (χ2v) is 30.6. The molecule has 0 radical (unpaired) electrons. The molecule has 0 aromatic carbocycles. The van der Waals surface area contributed by atoms with Crippen LogP contribution in [0, 0.1) is 0 Å². The van der Waals surface area contributed by atoms with E-state index < -0.39 is 248 Å². The Bertz CT molecular complexity index is 2510. The fourth-order valence-corrected chi connectivity index (χ4v) is 15.0. The lowest BCUT2D eigenvalue weighted by atomic mass is 9.94. The normalized spacial score (nSPS) is 37.5. The monoisotopic (exact) mass is 1610 g/mol. The number of nitrogens with one attached hydrogen (secondary N) is 2. The van der Waals surface area contributed by atoms with E-state index in [0.717, 1.165) is 58.3 Å². The van der Waals surface area contributed by atoms with Crippen molar-refractivity contribution >= 4 is 11.8 Å². The van der Waals surface area contributed by atoms with E-state index in [0.29, 0.717) is 12.8 Å². The Hall–Kier alpha value is -2.56. The molecule has 0 aromatic heterocycles. The van der Waals surface area contributed by atoms with Gasteiger partial charge in [0.05, 0.1) is 58.4 Å². The second kappa shape index (κ2) is 52.4. The first-order chi connectivity index (χ1) is 53.4. The highest BCUT2D eigenvalue weighted by Crippen LogP contribution is 2.38. The van der Waals surface area contributed by atoms with Gasteiger partial charge in [-0.1, -0.05) is 193 Å². The maximum atomic E-state index is 13.5. The molecule has 0 bridgehead atoms. The van der Waals surface area contributed by atoms with Crippen LogP contribution in [0.15, 0.2) is 12.2 Å². The standard InChI is InChI=1S/C76H138N2O33/c1-4-6-8-10-12-14-16-18-19-20-21-23-25-27-29-31-33-35-52(87)78-44(45(86)34-32-30-28-26-24-22-17-15-13-11-9-7-5-2)42-100-72-61(95)59(93)66(50(40-83)105-72)107-73-62(96)60(94)67(51(41-84)106-73)108-74-64(98)69(56(90)48(38-81)102-74)110-76-65(99)70(57(91)49(39-82)104-76)111-75-63(97)68(55(89)47(37-80)103-75)109-71-53(77-43(3)85)58(92)54(88)46(36-79)101-71/h32,34,44-51,53-76,79-84,86,88-99H,4-31,33,35-42H2,1-3H3,(H,77,85)(H,78,87)/b34-32+/t44-,45+,46?,47?,48?,49?,50?,51?,53?,54-,55-,56-,57-,58+,59+,60+,61?,62?,63?,64?,65?,66+,67-,68-,69-,70-,71-,72+,73-,74-,75+,76+/m0/s1. The van der Waals surface area contributed by atoms with E-state index in [1.807, 2.05) is 6.08 Å². The minimum absolute atomic E-state index is 0.184. The van der Waals surface area contributed by atoms with Gasteiger partial charge in [0.25, 0.3) is 0 Å². The van der Waals surface area contributed by atoms with Gasteiger partial charge in [-0.25, -0.2) is 0 Å². The van der Waals surface area contributed by atoms with E-state index in [-0.39, 0.29) is 12.3 Å². The van der Waals surface area contributed by atoms with Gasteiger partial charge in [0.15, 0.2) is 37.7 Å². The van der Waals surface area contributed by atoms with Gasteiger partial charge in [-0.2, -0.15) is 0 Å². The number of carbonyl (C=O) groups is 2. The zero-order valence-electron chi connectivity index (χ0n) is 65.0. The summed E-state index contributed by atoms with van der Waals surface area (Å²) in [4.78, 5) is 25.6. The van der Waals surface area contributed by atoms with Crippen molar-refractivity contribution in [2.45, 2.75) is 410 Å². The highest BCUT2D eigenvalue weighted by atomic mass is 16.8. The molecule has 0 aromatic rings. The van der Waals surface area contributed by atoms with Crippen LogP contribution in [-0.4, -0.2) is 351 Å². The molecular weight excluding hydrogens is 1470 g/mol. The minimum Gasteiger partial charge on any atom is -0.394 e. The maximum Gasteiger partial charge on any atom is 0.220 e. The highest BCUT2D eigenvalue weighted by Gasteiger charge is 2.58. The first kappa shape index (κ1) is 97.3. The Kier molecular flexibility index (Phi) is 45.9. The number of carbonyl (C=O) groups excluding carboxylic acids is 2. The van der Waals surface area contributed by atoms with Gasteiger partial charge in [-0.05, 0) is 19.3 Å². The summed E-state index contributed by atoms with van der Waals surface area (Å²) in [5, 5.41) is 216. The van der Waals surface area contributed by atoms with E-state index in [2.05, 4.69) is 24.5 Å². The summed E-state index contributed by atoms with van der Waals surface area (Å²) in [6, 6.07) is -2.65. The summed E-state index contributed by atoms with van der Waals surface area (Å²) in [5.41, 5.74) is 0. The third-order valence-corrected chi connectivity index (χ3v) is 21.8. The first-order valence-corrected chi connectivity index (χ1v) is 41.0. The topological polar surface area (TPSA) is 553 Å². The van der Waals surface area contributed by atoms with Gasteiger partial charge < -0.3 is 164 Å². The number of unbranched alkanes of at least 4 members (excludes halogenated alkanes) is 27.